The SMILES string of the molecule is CCC(C)(CC)NCc1cnccc1C. The van der Waals surface area contributed by atoms with Gasteiger partial charge in [-0.2, -0.15) is 0 Å². The van der Waals surface area contributed by atoms with Gasteiger partial charge in [0.25, 0.3) is 0 Å². The number of hydrogen-bond acceptors (Lipinski definition) is 2. The molecule has 0 radical (unpaired) electrons. The van der Waals surface area contributed by atoms with E-state index >= 15 is 0 Å². The maximum Gasteiger partial charge on any atom is 0.0315 e. The molecule has 1 rings (SSSR count). The highest BCUT2D eigenvalue weighted by atomic mass is 15.0. The van der Waals surface area contributed by atoms with E-state index < -0.39 is 0 Å². The molecule has 1 heterocycles. The van der Waals surface area contributed by atoms with Crippen LogP contribution >= 0.6 is 0 Å². The molecule has 0 saturated heterocycles. The molecule has 0 saturated carbocycles. The average molecular weight is 206 g/mol. The highest BCUT2D eigenvalue weighted by Gasteiger charge is 2.18. The summed E-state index contributed by atoms with van der Waals surface area (Å²) >= 11 is 0. The lowest BCUT2D eigenvalue weighted by Crippen LogP contribution is -2.40. The Labute approximate surface area is 93.1 Å². The van der Waals surface area contributed by atoms with Crippen LogP contribution in [-0.4, -0.2) is 10.5 Å². The number of pyridine rings is 1. The van der Waals surface area contributed by atoms with Gasteiger partial charge in [0.2, 0.25) is 0 Å². The lowest BCUT2D eigenvalue weighted by atomic mass is 9.95. The van der Waals surface area contributed by atoms with Crippen molar-refractivity contribution >= 4 is 0 Å². The van der Waals surface area contributed by atoms with Gasteiger partial charge in [-0.3, -0.25) is 4.98 Å². The van der Waals surface area contributed by atoms with Crippen molar-refractivity contribution in [3.05, 3.63) is 29.6 Å². The van der Waals surface area contributed by atoms with Gasteiger partial charge in [-0.1, -0.05) is 13.8 Å². The van der Waals surface area contributed by atoms with Crippen LogP contribution in [0.2, 0.25) is 0 Å². The third kappa shape index (κ3) is 3.31. The molecular weight excluding hydrogens is 184 g/mol. The summed E-state index contributed by atoms with van der Waals surface area (Å²) in [7, 11) is 0. The van der Waals surface area contributed by atoms with Gasteiger partial charge in [-0.05, 0) is 43.9 Å². The molecule has 15 heavy (non-hydrogen) atoms. The zero-order valence-corrected chi connectivity index (χ0v) is 10.3. The van der Waals surface area contributed by atoms with E-state index in [2.05, 4.69) is 44.1 Å². The van der Waals surface area contributed by atoms with E-state index in [1.54, 1.807) is 0 Å². The monoisotopic (exact) mass is 206 g/mol. The van der Waals surface area contributed by atoms with Crippen LogP contribution in [0.25, 0.3) is 0 Å². The molecule has 0 aliphatic rings. The topological polar surface area (TPSA) is 24.9 Å². The summed E-state index contributed by atoms with van der Waals surface area (Å²) in [6.07, 6.45) is 6.11. The molecule has 0 aromatic carbocycles. The molecule has 1 N–H and O–H groups in total. The molecule has 0 aliphatic heterocycles. The van der Waals surface area contributed by atoms with Gasteiger partial charge in [-0.15, -0.1) is 0 Å². The second-order valence-electron chi connectivity index (χ2n) is 4.42. The van der Waals surface area contributed by atoms with Gasteiger partial charge >= 0.3 is 0 Å². The Morgan fingerprint density at radius 1 is 1.33 bits per heavy atom. The number of aromatic nitrogens is 1. The molecule has 0 unspecified atom stereocenters. The summed E-state index contributed by atoms with van der Waals surface area (Å²) in [6, 6.07) is 2.06. The maximum atomic E-state index is 4.16. The fraction of sp³-hybridized carbons (Fsp3) is 0.615. The van der Waals surface area contributed by atoms with Crippen LogP contribution < -0.4 is 5.32 Å². The molecule has 1 aromatic rings. The van der Waals surface area contributed by atoms with Crippen LogP contribution in [0, 0.1) is 6.92 Å². The van der Waals surface area contributed by atoms with Crippen molar-refractivity contribution in [3.8, 4) is 0 Å². The van der Waals surface area contributed by atoms with E-state index in [9.17, 15) is 0 Å². The molecule has 1 aromatic heterocycles. The van der Waals surface area contributed by atoms with Gasteiger partial charge in [0, 0.05) is 24.5 Å². The number of hydrogen-bond donors (Lipinski definition) is 1. The van der Waals surface area contributed by atoms with Gasteiger partial charge in [0.1, 0.15) is 0 Å². The molecule has 0 bridgehead atoms. The number of nitrogens with zero attached hydrogens (tertiary/aromatic N) is 1. The van der Waals surface area contributed by atoms with E-state index in [1.165, 1.54) is 11.1 Å². The van der Waals surface area contributed by atoms with Crippen molar-refractivity contribution in [2.75, 3.05) is 0 Å². The smallest absolute Gasteiger partial charge is 0.0315 e. The third-order valence-electron chi connectivity index (χ3n) is 3.41. The van der Waals surface area contributed by atoms with Crippen molar-refractivity contribution < 1.29 is 0 Å². The van der Waals surface area contributed by atoms with Gasteiger partial charge in [0.15, 0.2) is 0 Å². The normalized spacial score (nSPS) is 11.7. The molecule has 84 valence electrons. The number of rotatable bonds is 5. The predicted octanol–water partition coefficient (Wildman–Crippen LogP) is 3.06. The Balaban J connectivity index is 2.61. The first kappa shape index (κ1) is 12.2. The minimum Gasteiger partial charge on any atom is -0.307 e. The summed E-state index contributed by atoms with van der Waals surface area (Å²) in [6.45, 7) is 9.78. The lowest BCUT2D eigenvalue weighted by molar-refractivity contribution is 0.329. The van der Waals surface area contributed by atoms with Crippen LogP contribution in [0.4, 0.5) is 0 Å². The van der Waals surface area contributed by atoms with E-state index in [1.807, 2.05) is 12.4 Å². The minimum atomic E-state index is 0.252. The van der Waals surface area contributed by atoms with Crippen molar-refractivity contribution in [3.63, 3.8) is 0 Å². The summed E-state index contributed by atoms with van der Waals surface area (Å²) < 4.78 is 0. The first-order valence-electron chi connectivity index (χ1n) is 5.76. The van der Waals surface area contributed by atoms with Crippen molar-refractivity contribution in [2.45, 2.75) is 52.6 Å². The molecule has 0 atom stereocenters. The zero-order chi connectivity index (χ0) is 11.3. The maximum absolute atomic E-state index is 4.16. The molecule has 0 aliphatic carbocycles. The average Bonchev–Trinajstić information content (AvgIpc) is 2.28. The Morgan fingerprint density at radius 2 is 2.00 bits per heavy atom. The fourth-order valence-electron chi connectivity index (χ4n) is 1.49. The largest absolute Gasteiger partial charge is 0.307 e. The Kier molecular flexibility index (Phi) is 4.28. The minimum absolute atomic E-state index is 0.252. The molecule has 0 amide bonds. The van der Waals surface area contributed by atoms with Crippen molar-refractivity contribution in [1.82, 2.24) is 10.3 Å². The first-order valence-corrected chi connectivity index (χ1v) is 5.76. The summed E-state index contributed by atoms with van der Waals surface area (Å²) in [5.74, 6) is 0. The van der Waals surface area contributed by atoms with Crippen LogP contribution in [0.5, 0.6) is 0 Å². The quantitative estimate of drug-likeness (QED) is 0.801. The highest BCUT2D eigenvalue weighted by molar-refractivity contribution is 5.21. The second kappa shape index (κ2) is 5.26. The Hall–Kier alpha value is -0.890. The standard InChI is InChI=1S/C13H22N2/c1-5-13(4,6-2)15-10-12-9-14-8-7-11(12)3/h7-9,15H,5-6,10H2,1-4H3. The third-order valence-corrected chi connectivity index (χ3v) is 3.41. The summed E-state index contributed by atoms with van der Waals surface area (Å²) in [4.78, 5) is 4.16. The lowest BCUT2D eigenvalue weighted by Gasteiger charge is -2.28. The van der Waals surface area contributed by atoms with Gasteiger partial charge in [-0.25, -0.2) is 0 Å². The predicted molar refractivity (Wildman–Crippen MR) is 64.8 cm³/mol. The second-order valence-corrected chi connectivity index (χ2v) is 4.42. The van der Waals surface area contributed by atoms with Crippen LogP contribution in [0.3, 0.4) is 0 Å². The Bertz CT molecular complexity index is 303. The molecular formula is C13H22N2. The van der Waals surface area contributed by atoms with Crippen LogP contribution in [-0.2, 0) is 6.54 Å². The zero-order valence-electron chi connectivity index (χ0n) is 10.3. The van der Waals surface area contributed by atoms with E-state index in [-0.39, 0.29) is 5.54 Å². The van der Waals surface area contributed by atoms with Crippen LogP contribution in [0.1, 0.15) is 44.7 Å². The number of aryl methyl sites for hydroxylation is 1. The molecule has 0 fully saturated rings. The fourth-order valence-corrected chi connectivity index (χ4v) is 1.49. The molecule has 2 heteroatoms. The molecule has 2 nitrogen and oxygen atoms in total. The summed E-state index contributed by atoms with van der Waals surface area (Å²) in [5, 5.41) is 3.61. The highest BCUT2D eigenvalue weighted by Crippen LogP contribution is 2.15. The Morgan fingerprint density at radius 3 is 2.53 bits per heavy atom. The number of nitrogens with one attached hydrogen (secondary N) is 1. The molecule has 0 spiro atoms. The van der Waals surface area contributed by atoms with E-state index in [0.717, 1.165) is 19.4 Å². The van der Waals surface area contributed by atoms with Crippen LogP contribution in [0.15, 0.2) is 18.5 Å². The van der Waals surface area contributed by atoms with Crippen molar-refractivity contribution in [2.24, 2.45) is 0 Å². The first-order chi connectivity index (χ1) is 7.11. The van der Waals surface area contributed by atoms with Crippen molar-refractivity contribution in [1.29, 1.82) is 0 Å². The van der Waals surface area contributed by atoms with E-state index in [0.29, 0.717) is 0 Å². The van der Waals surface area contributed by atoms with Gasteiger partial charge in [0.05, 0.1) is 0 Å². The summed E-state index contributed by atoms with van der Waals surface area (Å²) in [5.41, 5.74) is 2.86. The van der Waals surface area contributed by atoms with Gasteiger partial charge < -0.3 is 5.32 Å². The van der Waals surface area contributed by atoms with E-state index in [4.69, 9.17) is 0 Å².